The first-order chi connectivity index (χ1) is 8.00. The van der Waals surface area contributed by atoms with E-state index in [0.29, 0.717) is 5.56 Å². The summed E-state index contributed by atoms with van der Waals surface area (Å²) in [7, 11) is 0. The highest BCUT2D eigenvalue weighted by Gasteiger charge is 2.00. The molecule has 1 aromatic rings. The van der Waals surface area contributed by atoms with Gasteiger partial charge in [0.15, 0.2) is 5.78 Å². The third-order valence-corrected chi connectivity index (χ3v) is 2.10. The number of hydrogen-bond acceptors (Lipinski definition) is 3. The third kappa shape index (κ3) is 4.06. The van der Waals surface area contributed by atoms with Crippen LogP contribution in [-0.4, -0.2) is 11.6 Å². The number of hydrogen-bond donors (Lipinski definition) is 2. The summed E-state index contributed by atoms with van der Waals surface area (Å²) in [5, 5.41) is 0. The minimum absolute atomic E-state index is 0.0276. The summed E-state index contributed by atoms with van der Waals surface area (Å²) < 4.78 is 13.2. The smallest absolute Gasteiger partial charge is 0.175 e. The molecule has 0 spiro atoms. The van der Waals surface area contributed by atoms with Gasteiger partial charge in [-0.05, 0) is 6.07 Å². The monoisotopic (exact) mass is 235 g/mol. The summed E-state index contributed by atoms with van der Waals surface area (Å²) in [4.78, 5) is 14.8. The van der Waals surface area contributed by atoms with Crippen molar-refractivity contribution in [3.8, 4) is 0 Å². The number of nitrogens with zero attached hydrogens (tertiary/aromatic N) is 1. The van der Waals surface area contributed by atoms with Gasteiger partial charge in [0, 0.05) is 18.6 Å². The topological polar surface area (TPSA) is 81.5 Å². The molecule has 0 aliphatic carbocycles. The highest BCUT2D eigenvalue weighted by molar-refractivity contribution is 6.01. The van der Waals surface area contributed by atoms with Crippen molar-refractivity contribution in [3.05, 3.63) is 47.4 Å². The molecule has 90 valence electrons. The van der Waals surface area contributed by atoms with Crippen LogP contribution in [0.2, 0.25) is 0 Å². The standard InChI is InChI=1S/C12H14FN3O/c1-8(17)11(14)6-12(15)16-7-9-4-2-3-5-10(9)13/h2-6H,7,14H2,1H3,(H2,15,16)/b11-6-. The highest BCUT2D eigenvalue weighted by atomic mass is 19.1. The molecule has 0 amide bonds. The predicted octanol–water partition coefficient (Wildman–Crippen LogP) is 1.11. The molecule has 0 fully saturated rings. The summed E-state index contributed by atoms with van der Waals surface area (Å²) in [5.74, 6) is -0.525. The molecule has 0 bridgehead atoms. The quantitative estimate of drug-likeness (QED) is 0.466. The van der Waals surface area contributed by atoms with Gasteiger partial charge < -0.3 is 11.5 Å². The second-order valence-electron chi connectivity index (χ2n) is 3.49. The van der Waals surface area contributed by atoms with Crippen LogP contribution in [0.1, 0.15) is 12.5 Å². The average Bonchev–Trinajstić information content (AvgIpc) is 2.27. The zero-order valence-corrected chi connectivity index (χ0v) is 9.48. The number of allylic oxidation sites excluding steroid dienone is 1. The fraction of sp³-hybridized carbons (Fsp3) is 0.167. The van der Waals surface area contributed by atoms with Gasteiger partial charge in [0.25, 0.3) is 0 Å². The maximum absolute atomic E-state index is 13.2. The minimum Gasteiger partial charge on any atom is -0.396 e. The highest BCUT2D eigenvalue weighted by Crippen LogP contribution is 2.07. The van der Waals surface area contributed by atoms with E-state index >= 15 is 0 Å². The van der Waals surface area contributed by atoms with Crippen molar-refractivity contribution in [2.45, 2.75) is 13.5 Å². The van der Waals surface area contributed by atoms with Gasteiger partial charge in [-0.3, -0.25) is 9.79 Å². The third-order valence-electron chi connectivity index (χ3n) is 2.10. The largest absolute Gasteiger partial charge is 0.396 e. The number of halogens is 1. The molecule has 1 aromatic carbocycles. The number of aliphatic imine (C=N–C) groups is 1. The lowest BCUT2D eigenvalue weighted by Gasteiger charge is -2.00. The number of rotatable bonds is 4. The van der Waals surface area contributed by atoms with Gasteiger partial charge in [0.2, 0.25) is 0 Å². The number of carbonyl (C=O) groups excluding carboxylic acids is 1. The maximum atomic E-state index is 13.2. The maximum Gasteiger partial charge on any atom is 0.175 e. The van der Waals surface area contributed by atoms with Crippen LogP contribution < -0.4 is 11.5 Å². The van der Waals surface area contributed by atoms with Crippen molar-refractivity contribution < 1.29 is 9.18 Å². The fourth-order valence-electron chi connectivity index (χ4n) is 1.11. The predicted molar refractivity (Wildman–Crippen MR) is 64.7 cm³/mol. The summed E-state index contributed by atoms with van der Waals surface area (Å²) in [6.07, 6.45) is 1.27. The van der Waals surface area contributed by atoms with E-state index < -0.39 is 0 Å². The van der Waals surface area contributed by atoms with E-state index in [1.54, 1.807) is 18.2 Å². The molecule has 4 N–H and O–H groups in total. The van der Waals surface area contributed by atoms with Crippen molar-refractivity contribution in [1.29, 1.82) is 0 Å². The van der Waals surface area contributed by atoms with Crippen LogP contribution in [0.25, 0.3) is 0 Å². The van der Waals surface area contributed by atoms with Gasteiger partial charge >= 0.3 is 0 Å². The fourth-order valence-corrected chi connectivity index (χ4v) is 1.11. The first-order valence-electron chi connectivity index (χ1n) is 5.02. The Hall–Kier alpha value is -2.17. The lowest BCUT2D eigenvalue weighted by atomic mass is 10.2. The lowest BCUT2D eigenvalue weighted by molar-refractivity contribution is -0.113. The molecule has 0 heterocycles. The Bertz CT molecular complexity index is 480. The Morgan fingerprint density at radius 2 is 2.06 bits per heavy atom. The van der Waals surface area contributed by atoms with Crippen molar-refractivity contribution >= 4 is 11.6 Å². The zero-order valence-electron chi connectivity index (χ0n) is 9.48. The van der Waals surface area contributed by atoms with Gasteiger partial charge in [0.1, 0.15) is 11.7 Å². The van der Waals surface area contributed by atoms with E-state index in [-0.39, 0.29) is 29.7 Å². The molecule has 1 rings (SSSR count). The van der Waals surface area contributed by atoms with Gasteiger partial charge in [-0.25, -0.2) is 4.39 Å². The number of nitrogens with two attached hydrogens (primary N) is 2. The van der Waals surface area contributed by atoms with Crippen LogP contribution in [0, 0.1) is 5.82 Å². The van der Waals surface area contributed by atoms with E-state index in [4.69, 9.17) is 11.5 Å². The summed E-state index contributed by atoms with van der Waals surface area (Å²) >= 11 is 0. The minimum atomic E-state index is -0.340. The van der Waals surface area contributed by atoms with Gasteiger partial charge in [-0.2, -0.15) is 0 Å². The van der Waals surface area contributed by atoms with Crippen LogP contribution in [0.15, 0.2) is 41.0 Å². The van der Waals surface area contributed by atoms with E-state index in [2.05, 4.69) is 4.99 Å². The summed E-state index contributed by atoms with van der Waals surface area (Å²) in [6.45, 7) is 1.44. The number of carbonyl (C=O) groups is 1. The van der Waals surface area contributed by atoms with Crippen molar-refractivity contribution in [2.75, 3.05) is 0 Å². The van der Waals surface area contributed by atoms with Gasteiger partial charge in [0.05, 0.1) is 12.2 Å². The van der Waals surface area contributed by atoms with E-state index in [1.807, 2.05) is 0 Å². The molecular weight excluding hydrogens is 221 g/mol. The number of Topliss-reactive ketones (excluding diaryl/α,β-unsaturated/α-hetero) is 1. The second kappa shape index (κ2) is 5.79. The molecule has 0 unspecified atom stereocenters. The van der Waals surface area contributed by atoms with Crippen molar-refractivity contribution in [2.24, 2.45) is 16.5 Å². The molecule has 0 aliphatic rings. The van der Waals surface area contributed by atoms with Crippen LogP contribution in [0.4, 0.5) is 4.39 Å². The molecule has 17 heavy (non-hydrogen) atoms. The molecule has 5 heteroatoms. The van der Waals surface area contributed by atoms with Gasteiger partial charge in [-0.1, -0.05) is 18.2 Å². The molecule has 4 nitrogen and oxygen atoms in total. The molecule has 0 radical (unpaired) electrons. The first kappa shape index (κ1) is 12.9. The SMILES string of the molecule is CC(=O)/C(N)=C/C(N)=NCc1ccccc1F. The number of benzene rings is 1. The molecule has 0 aromatic heterocycles. The Balaban J connectivity index is 2.75. The van der Waals surface area contributed by atoms with Crippen molar-refractivity contribution in [1.82, 2.24) is 0 Å². The summed E-state index contributed by atoms with van der Waals surface area (Å²) in [5.41, 5.74) is 11.4. The Labute approximate surface area is 98.8 Å². The first-order valence-corrected chi connectivity index (χ1v) is 5.02. The van der Waals surface area contributed by atoms with E-state index in [0.717, 1.165) is 0 Å². The average molecular weight is 235 g/mol. The van der Waals surface area contributed by atoms with E-state index in [1.165, 1.54) is 19.1 Å². The lowest BCUT2D eigenvalue weighted by Crippen LogP contribution is -2.15. The normalized spacial score (nSPS) is 12.6. The van der Waals surface area contributed by atoms with Crippen molar-refractivity contribution in [3.63, 3.8) is 0 Å². The van der Waals surface area contributed by atoms with Crippen LogP contribution in [-0.2, 0) is 11.3 Å². The van der Waals surface area contributed by atoms with Crippen LogP contribution in [0.5, 0.6) is 0 Å². The molecule has 0 aliphatic heterocycles. The Morgan fingerprint density at radius 3 is 2.65 bits per heavy atom. The van der Waals surface area contributed by atoms with Gasteiger partial charge in [-0.15, -0.1) is 0 Å². The summed E-state index contributed by atoms with van der Waals surface area (Å²) in [6, 6.07) is 6.27. The second-order valence-corrected chi connectivity index (χ2v) is 3.49. The Morgan fingerprint density at radius 1 is 1.41 bits per heavy atom. The molecule has 0 saturated heterocycles. The van der Waals surface area contributed by atoms with Crippen LogP contribution in [0.3, 0.4) is 0 Å². The molecule has 0 atom stereocenters. The van der Waals surface area contributed by atoms with E-state index in [9.17, 15) is 9.18 Å². The number of amidine groups is 1. The Kier molecular flexibility index (Phi) is 4.39. The molecule has 0 saturated carbocycles. The zero-order chi connectivity index (χ0) is 12.8. The molecular formula is C12H14FN3O. The number of ketones is 1. The van der Waals surface area contributed by atoms with Crippen LogP contribution >= 0.6 is 0 Å².